The molecule has 0 saturated heterocycles. The Morgan fingerprint density at radius 1 is 0.234 bits per heavy atom. The first-order valence-corrected chi connectivity index (χ1v) is 22.7. The first-order valence-electron chi connectivity index (χ1n) is 22.7. The van der Waals surface area contributed by atoms with Crippen LogP contribution in [0, 0.1) is 0 Å². The van der Waals surface area contributed by atoms with Crippen molar-refractivity contribution in [2.75, 3.05) is 0 Å². The maximum atomic E-state index is 2.50. The molecule has 0 N–H and O–H groups in total. The van der Waals surface area contributed by atoms with Crippen LogP contribution in [0.5, 0.6) is 0 Å². The third-order valence-electron chi connectivity index (χ3n) is 15.1. The lowest BCUT2D eigenvalue weighted by atomic mass is 9.80. The molecule has 0 aromatic heterocycles. The summed E-state index contributed by atoms with van der Waals surface area (Å²) in [7, 11) is 0. The standard InChI is InChI=1S/C64H46/c1-63(2)57-23-13-11-19-48(57)50-32-29-42(37-59(50)63)41-30-34-54-56(35-41)62(44-31-33-51-49-20-12-14-24-58(49)64(3,4)60(51)38-44)53-22-10-9-21-52(53)61(54)40-27-25-39(26-28-40)55-36-43-15-5-6-16-45(43)46-17-7-8-18-47(46)55/h5-38H,1-4H3. The second-order valence-corrected chi connectivity index (χ2v) is 19.2. The fourth-order valence-corrected chi connectivity index (χ4v) is 11.8. The molecule has 302 valence electrons. The largest absolute Gasteiger partial charge is 0.0619 e. The number of rotatable bonds is 4. The summed E-state index contributed by atoms with van der Waals surface area (Å²) in [6.45, 7) is 9.52. The summed E-state index contributed by atoms with van der Waals surface area (Å²) >= 11 is 0. The third-order valence-corrected chi connectivity index (χ3v) is 15.1. The van der Waals surface area contributed by atoms with E-state index >= 15 is 0 Å². The average molecular weight is 815 g/mol. The minimum Gasteiger partial charge on any atom is -0.0619 e. The molecule has 0 radical (unpaired) electrons. The molecular weight excluding hydrogens is 769 g/mol. The third kappa shape index (κ3) is 5.23. The van der Waals surface area contributed by atoms with Crippen LogP contribution >= 0.6 is 0 Å². The highest BCUT2D eigenvalue weighted by Gasteiger charge is 2.37. The number of hydrogen-bond acceptors (Lipinski definition) is 0. The van der Waals surface area contributed by atoms with Gasteiger partial charge < -0.3 is 0 Å². The van der Waals surface area contributed by atoms with Crippen LogP contribution in [0.3, 0.4) is 0 Å². The van der Waals surface area contributed by atoms with Crippen LogP contribution in [-0.4, -0.2) is 0 Å². The Bertz CT molecular complexity index is 3760. The number of fused-ring (bicyclic) bond motifs is 11. The molecule has 0 nitrogen and oxygen atoms in total. The van der Waals surface area contributed by atoms with Gasteiger partial charge in [-0.3, -0.25) is 0 Å². The molecule has 0 amide bonds. The van der Waals surface area contributed by atoms with Gasteiger partial charge in [-0.2, -0.15) is 0 Å². The Kier molecular flexibility index (Phi) is 7.80. The molecular formula is C64H46. The SMILES string of the molecule is CC1(C)c2ccccc2-c2ccc(-c3ccc4c(-c5ccc(-c6cc7ccccc7c7ccccc67)cc5)c5ccccc5c(-c5ccc6c(c5)C(C)(C)c5ccccc5-6)c4c3)cc21. The molecule has 11 aromatic rings. The van der Waals surface area contributed by atoms with E-state index in [0.29, 0.717) is 0 Å². The van der Waals surface area contributed by atoms with Gasteiger partial charge in [0.1, 0.15) is 0 Å². The molecule has 0 spiro atoms. The Morgan fingerprint density at radius 3 is 1.31 bits per heavy atom. The predicted molar refractivity (Wildman–Crippen MR) is 273 cm³/mol. The van der Waals surface area contributed by atoms with E-state index in [4.69, 9.17) is 0 Å². The first-order chi connectivity index (χ1) is 31.3. The molecule has 0 saturated carbocycles. The van der Waals surface area contributed by atoms with Crippen LogP contribution < -0.4 is 0 Å². The van der Waals surface area contributed by atoms with Crippen molar-refractivity contribution in [1.29, 1.82) is 0 Å². The second kappa shape index (κ2) is 13.5. The van der Waals surface area contributed by atoms with Crippen LogP contribution in [0.15, 0.2) is 206 Å². The Morgan fingerprint density at radius 2 is 0.656 bits per heavy atom. The molecule has 0 heterocycles. The van der Waals surface area contributed by atoms with Gasteiger partial charge in [-0.1, -0.05) is 210 Å². The van der Waals surface area contributed by atoms with E-state index in [-0.39, 0.29) is 10.8 Å². The predicted octanol–water partition coefficient (Wildman–Crippen LogP) is 17.6. The summed E-state index contributed by atoms with van der Waals surface area (Å²) in [5, 5.41) is 10.2. The first kappa shape index (κ1) is 37.1. The van der Waals surface area contributed by atoms with E-state index in [1.54, 1.807) is 0 Å². The van der Waals surface area contributed by atoms with Crippen molar-refractivity contribution in [3.8, 4) is 66.8 Å². The van der Waals surface area contributed by atoms with Crippen molar-refractivity contribution < 1.29 is 0 Å². The normalized spacial score (nSPS) is 14.2. The molecule has 2 aliphatic carbocycles. The lowest BCUT2D eigenvalue weighted by Crippen LogP contribution is -2.14. The maximum absolute atomic E-state index is 2.50. The Balaban J connectivity index is 1.04. The van der Waals surface area contributed by atoms with Crippen LogP contribution in [0.2, 0.25) is 0 Å². The minimum atomic E-state index is -0.106. The molecule has 0 aliphatic heterocycles. The van der Waals surface area contributed by atoms with Gasteiger partial charge in [-0.15, -0.1) is 0 Å². The van der Waals surface area contributed by atoms with Crippen LogP contribution in [-0.2, 0) is 10.8 Å². The summed E-state index contributed by atoms with van der Waals surface area (Å²) < 4.78 is 0. The summed E-state index contributed by atoms with van der Waals surface area (Å²) in [4.78, 5) is 0. The van der Waals surface area contributed by atoms with Gasteiger partial charge in [0.2, 0.25) is 0 Å². The van der Waals surface area contributed by atoms with Crippen LogP contribution in [0.1, 0.15) is 49.9 Å². The van der Waals surface area contributed by atoms with Gasteiger partial charge in [0.05, 0.1) is 0 Å². The molecule has 0 heteroatoms. The summed E-state index contributed by atoms with van der Waals surface area (Å²) in [5.74, 6) is 0. The van der Waals surface area contributed by atoms with Crippen molar-refractivity contribution in [1.82, 2.24) is 0 Å². The fraction of sp³-hybridized carbons (Fsp3) is 0.0938. The molecule has 0 atom stereocenters. The highest BCUT2D eigenvalue weighted by atomic mass is 14.4. The van der Waals surface area contributed by atoms with Crippen molar-refractivity contribution in [2.24, 2.45) is 0 Å². The smallest absolute Gasteiger partial charge is 0.0159 e. The lowest BCUT2D eigenvalue weighted by molar-refractivity contribution is 0.660. The molecule has 0 bridgehead atoms. The zero-order valence-electron chi connectivity index (χ0n) is 36.6. The Hall–Kier alpha value is -7.54. The van der Waals surface area contributed by atoms with Gasteiger partial charge >= 0.3 is 0 Å². The monoisotopic (exact) mass is 814 g/mol. The van der Waals surface area contributed by atoms with Crippen molar-refractivity contribution in [3.63, 3.8) is 0 Å². The fourth-order valence-electron chi connectivity index (χ4n) is 11.8. The Labute approximate surface area is 375 Å². The van der Waals surface area contributed by atoms with Gasteiger partial charge in [0, 0.05) is 10.8 Å². The van der Waals surface area contributed by atoms with Gasteiger partial charge in [-0.05, 0) is 156 Å². The molecule has 0 fully saturated rings. The van der Waals surface area contributed by atoms with Crippen molar-refractivity contribution >= 4 is 43.1 Å². The van der Waals surface area contributed by atoms with E-state index in [0.717, 1.165) is 0 Å². The molecule has 11 aromatic carbocycles. The van der Waals surface area contributed by atoms with Gasteiger partial charge in [-0.25, -0.2) is 0 Å². The summed E-state index contributed by atoms with van der Waals surface area (Å²) in [5.41, 5.74) is 20.8. The van der Waals surface area contributed by atoms with Crippen LogP contribution in [0.25, 0.3) is 110 Å². The van der Waals surface area contributed by atoms with Crippen molar-refractivity contribution in [3.05, 3.63) is 229 Å². The van der Waals surface area contributed by atoms with Crippen molar-refractivity contribution in [2.45, 2.75) is 38.5 Å². The second-order valence-electron chi connectivity index (χ2n) is 19.2. The minimum absolute atomic E-state index is 0.0760. The van der Waals surface area contributed by atoms with E-state index in [9.17, 15) is 0 Å². The molecule has 2 aliphatic rings. The molecule has 64 heavy (non-hydrogen) atoms. The van der Waals surface area contributed by atoms with E-state index < -0.39 is 0 Å². The topological polar surface area (TPSA) is 0 Å². The zero-order valence-corrected chi connectivity index (χ0v) is 36.6. The highest BCUT2D eigenvalue weighted by molar-refractivity contribution is 6.22. The average Bonchev–Trinajstić information content (AvgIpc) is 3.71. The molecule has 13 rings (SSSR count). The van der Waals surface area contributed by atoms with Crippen LogP contribution in [0.4, 0.5) is 0 Å². The zero-order chi connectivity index (χ0) is 42.9. The van der Waals surface area contributed by atoms with Gasteiger partial charge in [0.15, 0.2) is 0 Å². The lowest BCUT2D eigenvalue weighted by Gasteiger charge is -2.23. The maximum Gasteiger partial charge on any atom is 0.0159 e. The van der Waals surface area contributed by atoms with E-state index in [1.807, 2.05) is 0 Å². The van der Waals surface area contributed by atoms with E-state index in [2.05, 4.69) is 234 Å². The summed E-state index contributed by atoms with van der Waals surface area (Å²) in [6.07, 6.45) is 0. The highest BCUT2D eigenvalue weighted by Crippen LogP contribution is 2.53. The quantitative estimate of drug-likeness (QED) is 0.123. The van der Waals surface area contributed by atoms with Gasteiger partial charge in [0.25, 0.3) is 0 Å². The number of benzene rings is 11. The summed E-state index contributed by atoms with van der Waals surface area (Å²) in [6, 6.07) is 78.0. The molecule has 0 unspecified atom stereocenters. The number of hydrogen-bond donors (Lipinski definition) is 0. The van der Waals surface area contributed by atoms with E-state index in [1.165, 1.54) is 132 Å².